The molecule has 29 heavy (non-hydrogen) atoms. The van der Waals surface area contributed by atoms with Crippen LogP contribution in [-0.2, 0) is 15.8 Å². The van der Waals surface area contributed by atoms with Crippen molar-refractivity contribution in [2.24, 2.45) is 11.7 Å². The van der Waals surface area contributed by atoms with Crippen molar-refractivity contribution in [2.45, 2.75) is 12.6 Å². The Morgan fingerprint density at radius 3 is 2.34 bits per heavy atom. The third-order valence-electron chi connectivity index (χ3n) is 4.38. The lowest BCUT2D eigenvalue weighted by molar-refractivity contribution is -0.137. The highest BCUT2D eigenvalue weighted by Crippen LogP contribution is 2.33. The second-order valence-corrected chi connectivity index (χ2v) is 6.51. The van der Waals surface area contributed by atoms with Crippen molar-refractivity contribution in [1.29, 1.82) is 0 Å². The summed E-state index contributed by atoms with van der Waals surface area (Å²) in [5, 5.41) is 5.01. The molecule has 152 valence electrons. The number of carbonyl (C=O) groups is 3. The van der Waals surface area contributed by atoms with E-state index in [4.69, 9.17) is 5.73 Å². The van der Waals surface area contributed by atoms with Crippen molar-refractivity contribution in [3.63, 3.8) is 0 Å². The fourth-order valence-corrected chi connectivity index (χ4v) is 3.04. The number of halogens is 3. The van der Waals surface area contributed by atoms with Crippen LogP contribution >= 0.6 is 0 Å². The maximum Gasteiger partial charge on any atom is 0.416 e. The fourth-order valence-electron chi connectivity index (χ4n) is 3.04. The van der Waals surface area contributed by atoms with Gasteiger partial charge in [-0.1, -0.05) is 12.1 Å². The minimum Gasteiger partial charge on any atom is -0.351 e. The molecule has 0 bridgehead atoms. The van der Waals surface area contributed by atoms with Gasteiger partial charge < -0.3 is 21.3 Å². The molecule has 1 aliphatic rings. The molecule has 1 unspecified atom stereocenters. The number of carbonyl (C=O) groups excluding carboxylic acids is 3. The average molecular weight is 406 g/mol. The maximum absolute atomic E-state index is 12.9. The standard InChI is InChI=1S/C19H17F3N4O3/c20-19(21,22)12-3-1-6-15(8-12)26-10-11(7-16(26)27)17(28)24-13-4-2-5-14(9-13)25-18(23)29/h1-6,8-9,11H,7,10H2,(H,24,28)(H3,23,25,29). The first kappa shape index (κ1) is 20.2. The Labute approximate surface area is 163 Å². The molecule has 0 radical (unpaired) electrons. The number of amides is 4. The summed E-state index contributed by atoms with van der Waals surface area (Å²) in [6.07, 6.45) is -4.65. The fraction of sp³-hybridized carbons (Fsp3) is 0.211. The second kappa shape index (κ2) is 7.82. The molecule has 7 nitrogen and oxygen atoms in total. The van der Waals surface area contributed by atoms with Crippen molar-refractivity contribution in [3.05, 3.63) is 54.1 Å². The molecule has 0 aliphatic carbocycles. The number of anilines is 3. The van der Waals surface area contributed by atoms with Crippen molar-refractivity contribution < 1.29 is 27.6 Å². The molecule has 1 fully saturated rings. The molecule has 0 spiro atoms. The number of rotatable bonds is 4. The van der Waals surface area contributed by atoms with Gasteiger partial charge in [-0.3, -0.25) is 9.59 Å². The summed E-state index contributed by atoms with van der Waals surface area (Å²) >= 11 is 0. The van der Waals surface area contributed by atoms with E-state index in [1.165, 1.54) is 23.1 Å². The summed E-state index contributed by atoms with van der Waals surface area (Å²) in [4.78, 5) is 36.9. The lowest BCUT2D eigenvalue weighted by Gasteiger charge is -2.18. The molecule has 2 aromatic rings. The van der Waals surface area contributed by atoms with Crippen molar-refractivity contribution in [2.75, 3.05) is 22.1 Å². The first-order chi connectivity index (χ1) is 13.6. The van der Waals surface area contributed by atoms with Gasteiger partial charge in [0.15, 0.2) is 0 Å². The number of benzene rings is 2. The Balaban J connectivity index is 1.70. The molecule has 3 rings (SSSR count). The monoisotopic (exact) mass is 406 g/mol. The van der Waals surface area contributed by atoms with Gasteiger partial charge in [0.05, 0.1) is 11.5 Å². The Hall–Kier alpha value is -3.56. The normalized spacial score (nSPS) is 16.6. The van der Waals surface area contributed by atoms with Crippen LogP contribution in [0, 0.1) is 5.92 Å². The van der Waals surface area contributed by atoms with Crippen LogP contribution < -0.4 is 21.3 Å². The predicted octanol–water partition coefficient (Wildman–Crippen LogP) is 3.19. The van der Waals surface area contributed by atoms with Gasteiger partial charge in [0.1, 0.15) is 0 Å². The van der Waals surface area contributed by atoms with Gasteiger partial charge in [-0.2, -0.15) is 13.2 Å². The van der Waals surface area contributed by atoms with Crippen LogP contribution in [0.15, 0.2) is 48.5 Å². The van der Waals surface area contributed by atoms with Crippen molar-refractivity contribution in [1.82, 2.24) is 0 Å². The topological polar surface area (TPSA) is 105 Å². The predicted molar refractivity (Wildman–Crippen MR) is 100 cm³/mol. The molecule has 1 heterocycles. The van der Waals surface area contributed by atoms with E-state index in [2.05, 4.69) is 10.6 Å². The first-order valence-corrected chi connectivity index (χ1v) is 8.58. The van der Waals surface area contributed by atoms with E-state index >= 15 is 0 Å². The van der Waals surface area contributed by atoms with Gasteiger partial charge in [0, 0.05) is 30.0 Å². The van der Waals surface area contributed by atoms with Crippen LogP contribution in [0.25, 0.3) is 0 Å². The lowest BCUT2D eigenvalue weighted by atomic mass is 10.1. The smallest absolute Gasteiger partial charge is 0.351 e. The summed E-state index contributed by atoms with van der Waals surface area (Å²) in [5.41, 5.74) is 5.03. The summed E-state index contributed by atoms with van der Waals surface area (Å²) in [5.74, 6) is -1.62. The van der Waals surface area contributed by atoms with Gasteiger partial charge in [0.25, 0.3) is 0 Å². The van der Waals surface area contributed by atoms with E-state index in [1.54, 1.807) is 18.2 Å². The summed E-state index contributed by atoms with van der Waals surface area (Å²) in [7, 11) is 0. The van der Waals surface area contributed by atoms with Crippen LogP contribution in [0.4, 0.5) is 35.0 Å². The summed E-state index contributed by atoms with van der Waals surface area (Å²) in [6, 6.07) is 9.91. The zero-order valence-corrected chi connectivity index (χ0v) is 15.0. The summed E-state index contributed by atoms with van der Waals surface area (Å²) in [6.45, 7) is -0.0365. The SMILES string of the molecule is NC(=O)Nc1cccc(NC(=O)C2CC(=O)N(c3cccc(C(F)(F)F)c3)C2)c1. The second-order valence-electron chi connectivity index (χ2n) is 6.51. The van der Waals surface area contributed by atoms with Gasteiger partial charge in [0.2, 0.25) is 11.8 Å². The number of nitrogens with one attached hydrogen (secondary N) is 2. The minimum absolute atomic E-state index is 0.0365. The highest BCUT2D eigenvalue weighted by atomic mass is 19.4. The molecule has 0 aromatic heterocycles. The van der Waals surface area contributed by atoms with E-state index in [0.717, 1.165) is 12.1 Å². The zero-order chi connectivity index (χ0) is 21.2. The van der Waals surface area contributed by atoms with E-state index in [-0.39, 0.29) is 18.7 Å². The van der Waals surface area contributed by atoms with Crippen LogP contribution in [0.1, 0.15) is 12.0 Å². The van der Waals surface area contributed by atoms with Crippen LogP contribution in [0.3, 0.4) is 0 Å². The molecule has 10 heteroatoms. The maximum atomic E-state index is 12.9. The Bertz CT molecular complexity index is 962. The molecular weight excluding hydrogens is 389 g/mol. The molecule has 0 saturated carbocycles. The number of nitrogens with two attached hydrogens (primary N) is 1. The lowest BCUT2D eigenvalue weighted by Crippen LogP contribution is -2.28. The van der Waals surface area contributed by atoms with E-state index in [1.807, 2.05) is 0 Å². The van der Waals surface area contributed by atoms with E-state index in [0.29, 0.717) is 11.4 Å². The molecule has 1 atom stereocenters. The molecule has 4 N–H and O–H groups in total. The average Bonchev–Trinajstić information content (AvgIpc) is 3.03. The quantitative estimate of drug-likeness (QED) is 0.726. The third-order valence-corrected chi connectivity index (χ3v) is 4.38. The Morgan fingerprint density at radius 2 is 1.69 bits per heavy atom. The highest BCUT2D eigenvalue weighted by Gasteiger charge is 2.37. The van der Waals surface area contributed by atoms with Gasteiger partial charge in [-0.25, -0.2) is 4.79 Å². The molecular formula is C19H17F3N4O3. The number of urea groups is 1. The summed E-state index contributed by atoms with van der Waals surface area (Å²) < 4.78 is 38.7. The zero-order valence-electron chi connectivity index (χ0n) is 15.0. The highest BCUT2D eigenvalue weighted by molar-refractivity contribution is 6.03. The van der Waals surface area contributed by atoms with E-state index < -0.39 is 35.5 Å². The van der Waals surface area contributed by atoms with Crippen molar-refractivity contribution in [3.8, 4) is 0 Å². The first-order valence-electron chi connectivity index (χ1n) is 8.58. The number of primary amides is 1. The largest absolute Gasteiger partial charge is 0.416 e. The molecule has 1 aliphatic heterocycles. The van der Waals surface area contributed by atoms with Gasteiger partial charge in [-0.05, 0) is 36.4 Å². The van der Waals surface area contributed by atoms with Crippen molar-refractivity contribution >= 4 is 34.9 Å². The van der Waals surface area contributed by atoms with E-state index in [9.17, 15) is 27.6 Å². The van der Waals surface area contributed by atoms with Crippen LogP contribution in [0.2, 0.25) is 0 Å². The Morgan fingerprint density at radius 1 is 1.03 bits per heavy atom. The molecule has 1 saturated heterocycles. The van der Waals surface area contributed by atoms with Crippen LogP contribution in [0.5, 0.6) is 0 Å². The number of hydrogen-bond donors (Lipinski definition) is 3. The Kier molecular flexibility index (Phi) is 5.44. The number of alkyl halides is 3. The molecule has 4 amide bonds. The number of nitrogens with zero attached hydrogens (tertiary/aromatic N) is 1. The minimum atomic E-state index is -4.53. The van der Waals surface area contributed by atoms with Gasteiger partial charge >= 0.3 is 12.2 Å². The third kappa shape index (κ3) is 4.84. The van der Waals surface area contributed by atoms with Crippen LogP contribution in [-0.4, -0.2) is 24.4 Å². The molecule has 2 aromatic carbocycles. The van der Waals surface area contributed by atoms with Gasteiger partial charge in [-0.15, -0.1) is 0 Å². The number of hydrogen-bond acceptors (Lipinski definition) is 3.